The van der Waals surface area contributed by atoms with Gasteiger partial charge in [0.05, 0.1) is 18.0 Å². The fraction of sp³-hybridized carbons (Fsp3) is 0.133. The molecule has 1 aromatic carbocycles. The predicted molar refractivity (Wildman–Crippen MR) is 76.1 cm³/mol. The van der Waals surface area contributed by atoms with Gasteiger partial charge < -0.3 is 9.84 Å². The van der Waals surface area contributed by atoms with E-state index in [4.69, 9.17) is 4.74 Å². The summed E-state index contributed by atoms with van der Waals surface area (Å²) in [5.74, 6) is -1.50. The highest BCUT2D eigenvalue weighted by atomic mass is 19.1. The molecule has 2 aromatic heterocycles. The van der Waals surface area contributed by atoms with E-state index in [1.54, 1.807) is 22.6 Å². The summed E-state index contributed by atoms with van der Waals surface area (Å²) in [7, 11) is 1.53. The van der Waals surface area contributed by atoms with Crippen molar-refractivity contribution in [1.82, 2.24) is 14.4 Å². The van der Waals surface area contributed by atoms with Gasteiger partial charge in [-0.1, -0.05) is 0 Å². The number of imidazole rings is 1. The summed E-state index contributed by atoms with van der Waals surface area (Å²) >= 11 is 0. The van der Waals surface area contributed by atoms with Gasteiger partial charge in [-0.3, -0.25) is 4.40 Å². The minimum Gasteiger partial charge on any atom is -0.476 e. The van der Waals surface area contributed by atoms with Gasteiger partial charge in [-0.2, -0.15) is 0 Å². The monoisotopic (exact) mass is 301 g/mol. The summed E-state index contributed by atoms with van der Waals surface area (Å²) in [4.78, 5) is 19.4. The number of fused-ring (bicyclic) bond motifs is 1. The van der Waals surface area contributed by atoms with Crippen molar-refractivity contribution >= 4 is 11.6 Å². The molecule has 0 saturated carbocycles. The Morgan fingerprint density at radius 2 is 2.09 bits per heavy atom. The Hall–Kier alpha value is -2.80. The van der Waals surface area contributed by atoms with Gasteiger partial charge >= 0.3 is 5.97 Å². The topological polar surface area (TPSA) is 76.7 Å². The molecular weight excluding hydrogens is 289 g/mol. The normalized spacial score (nSPS) is 11.0. The maximum Gasteiger partial charge on any atom is 0.358 e. The van der Waals surface area contributed by atoms with Gasteiger partial charge in [0.25, 0.3) is 0 Å². The van der Waals surface area contributed by atoms with E-state index in [1.807, 2.05) is 0 Å². The minimum atomic E-state index is -1.16. The zero-order valence-electron chi connectivity index (χ0n) is 11.7. The molecule has 2 heterocycles. The van der Waals surface area contributed by atoms with Crippen LogP contribution in [-0.4, -0.2) is 32.6 Å². The number of ether oxygens (including phenoxy) is 1. The van der Waals surface area contributed by atoms with Crippen LogP contribution >= 0.6 is 0 Å². The average molecular weight is 301 g/mol. The molecule has 6 nitrogen and oxygen atoms in total. The molecule has 0 unspecified atom stereocenters. The standard InChI is InChI=1S/C15H12FN3O3/c1-22-7-11-6-12(9-2-4-10(16)5-3-9)19-8-17-13(15(20)21)14(19)18-11/h2-6,8H,7H2,1H3,(H,20,21). The van der Waals surface area contributed by atoms with Crippen LogP contribution in [0.25, 0.3) is 16.9 Å². The lowest BCUT2D eigenvalue weighted by Crippen LogP contribution is -2.03. The van der Waals surface area contributed by atoms with E-state index in [0.29, 0.717) is 11.4 Å². The molecule has 0 aliphatic carbocycles. The number of hydrogen-bond donors (Lipinski definition) is 1. The number of hydrogen-bond acceptors (Lipinski definition) is 4. The van der Waals surface area contributed by atoms with E-state index < -0.39 is 5.97 Å². The first-order valence-corrected chi connectivity index (χ1v) is 6.45. The van der Waals surface area contributed by atoms with Crippen LogP contribution in [0, 0.1) is 5.82 Å². The van der Waals surface area contributed by atoms with E-state index in [0.717, 1.165) is 5.56 Å². The molecule has 0 aliphatic rings. The number of nitrogens with zero attached hydrogens (tertiary/aromatic N) is 3. The second kappa shape index (κ2) is 5.53. The highest BCUT2D eigenvalue weighted by molar-refractivity contribution is 5.92. The molecule has 0 fully saturated rings. The summed E-state index contributed by atoms with van der Waals surface area (Å²) in [5, 5.41) is 9.19. The lowest BCUT2D eigenvalue weighted by atomic mass is 10.1. The number of aromatic nitrogens is 3. The van der Waals surface area contributed by atoms with Gasteiger partial charge in [0.2, 0.25) is 0 Å². The third kappa shape index (κ3) is 2.42. The molecule has 0 amide bonds. The zero-order valence-corrected chi connectivity index (χ0v) is 11.7. The number of halogens is 1. The number of carboxylic acid groups (broad SMARTS) is 1. The van der Waals surface area contributed by atoms with E-state index in [1.165, 1.54) is 25.6 Å². The van der Waals surface area contributed by atoms with E-state index in [9.17, 15) is 14.3 Å². The summed E-state index contributed by atoms with van der Waals surface area (Å²) in [6.45, 7) is 0.231. The SMILES string of the molecule is COCc1cc(-c2ccc(F)cc2)n2cnc(C(=O)O)c2n1. The van der Waals surface area contributed by atoms with Crippen molar-refractivity contribution in [3.8, 4) is 11.3 Å². The molecule has 0 atom stereocenters. The summed E-state index contributed by atoms with van der Waals surface area (Å²) in [5.41, 5.74) is 2.04. The van der Waals surface area contributed by atoms with Crippen LogP contribution in [-0.2, 0) is 11.3 Å². The zero-order chi connectivity index (χ0) is 15.7. The first-order valence-electron chi connectivity index (χ1n) is 6.45. The Labute approximate surface area is 124 Å². The Balaban J connectivity index is 2.27. The van der Waals surface area contributed by atoms with Crippen molar-refractivity contribution in [3.05, 3.63) is 53.9 Å². The molecule has 7 heteroatoms. The molecular formula is C15H12FN3O3. The first kappa shape index (κ1) is 14.2. The number of carbonyl (C=O) groups is 1. The van der Waals surface area contributed by atoms with Crippen LogP contribution in [0.5, 0.6) is 0 Å². The maximum atomic E-state index is 13.1. The Morgan fingerprint density at radius 3 is 2.73 bits per heavy atom. The number of rotatable bonds is 4. The second-order valence-electron chi connectivity index (χ2n) is 4.66. The van der Waals surface area contributed by atoms with Crippen molar-refractivity contribution in [2.24, 2.45) is 0 Å². The molecule has 0 radical (unpaired) electrons. The minimum absolute atomic E-state index is 0.138. The van der Waals surface area contributed by atoms with Crippen LogP contribution < -0.4 is 0 Å². The van der Waals surface area contributed by atoms with Crippen molar-refractivity contribution in [3.63, 3.8) is 0 Å². The van der Waals surface area contributed by atoms with Gasteiger partial charge in [-0.05, 0) is 35.9 Å². The average Bonchev–Trinajstić information content (AvgIpc) is 2.91. The van der Waals surface area contributed by atoms with Gasteiger partial charge in [0.1, 0.15) is 12.1 Å². The lowest BCUT2D eigenvalue weighted by molar-refractivity contribution is 0.0693. The van der Waals surface area contributed by atoms with E-state index in [-0.39, 0.29) is 23.8 Å². The van der Waals surface area contributed by atoms with Gasteiger partial charge in [-0.15, -0.1) is 0 Å². The van der Waals surface area contributed by atoms with Crippen LogP contribution in [0.2, 0.25) is 0 Å². The molecule has 0 saturated heterocycles. The fourth-order valence-corrected chi connectivity index (χ4v) is 2.24. The number of benzene rings is 1. The lowest BCUT2D eigenvalue weighted by Gasteiger charge is -2.09. The van der Waals surface area contributed by atoms with Crippen molar-refractivity contribution in [2.45, 2.75) is 6.61 Å². The summed E-state index contributed by atoms with van der Waals surface area (Å²) < 4.78 is 19.7. The quantitative estimate of drug-likeness (QED) is 0.800. The smallest absolute Gasteiger partial charge is 0.358 e. The van der Waals surface area contributed by atoms with Crippen molar-refractivity contribution in [1.29, 1.82) is 0 Å². The Morgan fingerprint density at radius 1 is 1.36 bits per heavy atom. The van der Waals surface area contributed by atoms with Gasteiger partial charge in [0, 0.05) is 7.11 Å². The van der Waals surface area contributed by atoms with Gasteiger partial charge in [-0.25, -0.2) is 19.2 Å². The molecule has 3 rings (SSSR count). The van der Waals surface area contributed by atoms with Crippen LogP contribution in [0.1, 0.15) is 16.2 Å². The molecule has 0 aliphatic heterocycles. The second-order valence-corrected chi connectivity index (χ2v) is 4.66. The number of carboxylic acids is 1. The van der Waals surface area contributed by atoms with E-state index >= 15 is 0 Å². The molecule has 22 heavy (non-hydrogen) atoms. The van der Waals surface area contributed by atoms with Crippen molar-refractivity contribution < 1.29 is 19.0 Å². The molecule has 1 N–H and O–H groups in total. The number of aromatic carboxylic acids is 1. The third-order valence-corrected chi connectivity index (χ3v) is 3.19. The summed E-state index contributed by atoms with van der Waals surface area (Å²) in [6.07, 6.45) is 1.39. The van der Waals surface area contributed by atoms with Gasteiger partial charge in [0.15, 0.2) is 11.3 Å². The largest absolute Gasteiger partial charge is 0.476 e. The van der Waals surface area contributed by atoms with E-state index in [2.05, 4.69) is 9.97 Å². The van der Waals surface area contributed by atoms with Crippen molar-refractivity contribution in [2.75, 3.05) is 7.11 Å². The third-order valence-electron chi connectivity index (χ3n) is 3.19. The van der Waals surface area contributed by atoms with Crippen LogP contribution in [0.4, 0.5) is 4.39 Å². The summed E-state index contributed by atoms with van der Waals surface area (Å²) in [6, 6.07) is 7.67. The van der Waals surface area contributed by atoms with Crippen LogP contribution in [0.3, 0.4) is 0 Å². The highest BCUT2D eigenvalue weighted by Gasteiger charge is 2.17. The predicted octanol–water partition coefficient (Wildman–Crippen LogP) is 2.38. The molecule has 0 spiro atoms. The highest BCUT2D eigenvalue weighted by Crippen LogP contribution is 2.23. The molecule has 0 bridgehead atoms. The Kier molecular flexibility index (Phi) is 3.56. The first-order chi connectivity index (χ1) is 10.6. The van der Waals surface area contributed by atoms with Crippen LogP contribution in [0.15, 0.2) is 36.7 Å². The number of methoxy groups -OCH3 is 1. The maximum absolute atomic E-state index is 13.1. The molecule has 3 aromatic rings. The molecule has 112 valence electrons. The fourth-order valence-electron chi connectivity index (χ4n) is 2.24. The Bertz CT molecular complexity index is 843.